The van der Waals surface area contributed by atoms with Gasteiger partial charge < -0.3 is 5.11 Å². The lowest BCUT2D eigenvalue weighted by atomic mass is 10.2. The minimum Gasteiger partial charge on any atom is -0.481 e. The zero-order valence-corrected chi connectivity index (χ0v) is 13.8. The number of allylic oxidation sites excluding steroid dienone is 10. The second kappa shape index (κ2) is 17.2. The van der Waals surface area contributed by atoms with E-state index in [4.69, 9.17) is 5.11 Å². The minimum atomic E-state index is -0.715. The van der Waals surface area contributed by atoms with Crippen LogP contribution in [0.4, 0.5) is 0 Å². The summed E-state index contributed by atoms with van der Waals surface area (Å²) in [5.41, 5.74) is 0. The van der Waals surface area contributed by atoms with Crippen LogP contribution in [-0.4, -0.2) is 11.1 Å². The third-order valence-corrected chi connectivity index (χ3v) is 2.92. The summed E-state index contributed by atoms with van der Waals surface area (Å²) in [6.07, 6.45) is 28.4. The zero-order chi connectivity index (χ0) is 16.3. The minimum absolute atomic E-state index is 0.258. The van der Waals surface area contributed by atoms with Crippen LogP contribution in [0.15, 0.2) is 60.8 Å². The standard InChI is InChI=1S/C20H30O2/c1-2-3-4-5-6-7-8-9-10-11-12-13-14-15-16-17-18-19-20(21)22/h3-4,6-7,9-10,12-13,15-16H,2,5,8,11,14,17-19H2,1H3,(H,21,22)/b4-3-,7-6-,10-9+,13-12+,16-15+. The van der Waals surface area contributed by atoms with Crippen molar-refractivity contribution in [3.8, 4) is 0 Å². The summed E-state index contributed by atoms with van der Waals surface area (Å²) in [7, 11) is 0. The van der Waals surface area contributed by atoms with E-state index in [1.807, 2.05) is 0 Å². The first-order chi connectivity index (χ1) is 10.8. The van der Waals surface area contributed by atoms with Gasteiger partial charge in [0, 0.05) is 6.42 Å². The maximum absolute atomic E-state index is 10.3. The van der Waals surface area contributed by atoms with E-state index in [1.165, 1.54) is 0 Å². The van der Waals surface area contributed by atoms with Crippen molar-refractivity contribution >= 4 is 5.97 Å². The molecule has 0 aromatic heterocycles. The van der Waals surface area contributed by atoms with E-state index in [1.54, 1.807) is 0 Å². The van der Waals surface area contributed by atoms with Gasteiger partial charge in [0.05, 0.1) is 0 Å². The molecule has 0 atom stereocenters. The maximum Gasteiger partial charge on any atom is 0.303 e. The number of hydrogen-bond acceptors (Lipinski definition) is 1. The fraction of sp³-hybridized carbons (Fsp3) is 0.450. The highest BCUT2D eigenvalue weighted by atomic mass is 16.4. The normalized spacial score (nSPS) is 12.8. The van der Waals surface area contributed by atoms with Gasteiger partial charge in [0.15, 0.2) is 0 Å². The Morgan fingerprint density at radius 3 is 1.55 bits per heavy atom. The van der Waals surface area contributed by atoms with Gasteiger partial charge in [0.1, 0.15) is 0 Å². The molecule has 1 N–H and O–H groups in total. The van der Waals surface area contributed by atoms with Gasteiger partial charge in [-0.2, -0.15) is 0 Å². The molecule has 0 aliphatic heterocycles. The summed E-state index contributed by atoms with van der Waals surface area (Å²) in [6, 6.07) is 0. The van der Waals surface area contributed by atoms with Crippen molar-refractivity contribution in [2.24, 2.45) is 0 Å². The summed E-state index contributed by atoms with van der Waals surface area (Å²) >= 11 is 0. The summed E-state index contributed by atoms with van der Waals surface area (Å²) < 4.78 is 0. The van der Waals surface area contributed by atoms with E-state index >= 15 is 0 Å². The van der Waals surface area contributed by atoms with E-state index in [-0.39, 0.29) is 6.42 Å². The Morgan fingerprint density at radius 1 is 0.727 bits per heavy atom. The Kier molecular flexibility index (Phi) is 15.8. The number of carbonyl (C=O) groups is 1. The lowest BCUT2D eigenvalue weighted by Gasteiger charge is -1.89. The third-order valence-electron chi connectivity index (χ3n) is 2.92. The summed E-state index contributed by atoms with van der Waals surface area (Å²) in [4.78, 5) is 10.3. The first-order valence-electron chi connectivity index (χ1n) is 8.24. The SMILES string of the molecule is CC/C=C\C/C=C\C/C=C/C/C=C/C/C=C/CCCC(=O)O. The van der Waals surface area contributed by atoms with E-state index in [2.05, 4.69) is 67.7 Å². The predicted octanol–water partition coefficient (Wildman–Crippen LogP) is 5.99. The summed E-state index contributed by atoms with van der Waals surface area (Å²) in [5.74, 6) is -0.715. The van der Waals surface area contributed by atoms with E-state index in [9.17, 15) is 4.79 Å². The van der Waals surface area contributed by atoms with Crippen LogP contribution >= 0.6 is 0 Å². The molecule has 0 saturated carbocycles. The second-order valence-corrected chi connectivity index (χ2v) is 4.99. The van der Waals surface area contributed by atoms with Gasteiger partial charge in [0.25, 0.3) is 0 Å². The molecule has 2 heteroatoms. The molecule has 122 valence electrons. The first kappa shape index (κ1) is 20.2. The van der Waals surface area contributed by atoms with Crippen molar-refractivity contribution in [2.75, 3.05) is 0 Å². The van der Waals surface area contributed by atoms with Crippen LogP contribution < -0.4 is 0 Å². The topological polar surface area (TPSA) is 37.3 Å². The highest BCUT2D eigenvalue weighted by Crippen LogP contribution is 1.99. The number of rotatable bonds is 13. The van der Waals surface area contributed by atoms with Gasteiger partial charge in [-0.3, -0.25) is 4.79 Å². The Morgan fingerprint density at radius 2 is 1.14 bits per heavy atom. The van der Waals surface area contributed by atoms with Gasteiger partial charge in [-0.15, -0.1) is 0 Å². The van der Waals surface area contributed by atoms with Crippen LogP contribution in [0.3, 0.4) is 0 Å². The Bertz CT molecular complexity index is 398. The van der Waals surface area contributed by atoms with Gasteiger partial charge in [-0.05, 0) is 44.9 Å². The molecule has 22 heavy (non-hydrogen) atoms. The first-order valence-corrected chi connectivity index (χ1v) is 8.24. The molecule has 0 radical (unpaired) electrons. The molecule has 0 aliphatic carbocycles. The molecule has 0 bridgehead atoms. The average Bonchev–Trinajstić information content (AvgIpc) is 2.50. The molecular weight excluding hydrogens is 272 g/mol. The number of carboxylic acids is 1. The molecule has 0 amide bonds. The Labute approximate surface area is 135 Å². The molecule has 0 spiro atoms. The second-order valence-electron chi connectivity index (χ2n) is 4.99. The molecule has 0 aromatic rings. The van der Waals surface area contributed by atoms with Crippen molar-refractivity contribution in [3.63, 3.8) is 0 Å². The highest BCUT2D eigenvalue weighted by molar-refractivity contribution is 5.66. The van der Waals surface area contributed by atoms with Crippen molar-refractivity contribution in [2.45, 2.75) is 58.3 Å². The molecule has 0 aromatic carbocycles. The van der Waals surface area contributed by atoms with E-state index < -0.39 is 5.97 Å². The smallest absolute Gasteiger partial charge is 0.303 e. The fourth-order valence-corrected chi connectivity index (χ4v) is 1.74. The lowest BCUT2D eigenvalue weighted by molar-refractivity contribution is -0.137. The van der Waals surface area contributed by atoms with Crippen LogP contribution in [0.25, 0.3) is 0 Å². The Balaban J connectivity index is 3.46. The Hall–Kier alpha value is -1.83. The maximum atomic E-state index is 10.3. The van der Waals surface area contributed by atoms with Crippen LogP contribution in [0.2, 0.25) is 0 Å². The lowest BCUT2D eigenvalue weighted by Crippen LogP contribution is -1.92. The van der Waals surface area contributed by atoms with Gasteiger partial charge in [-0.1, -0.05) is 67.7 Å². The predicted molar refractivity (Wildman–Crippen MR) is 95.9 cm³/mol. The number of unbranched alkanes of at least 4 members (excludes halogenated alkanes) is 1. The number of hydrogen-bond donors (Lipinski definition) is 1. The average molecular weight is 302 g/mol. The molecule has 0 unspecified atom stereocenters. The van der Waals surface area contributed by atoms with Crippen molar-refractivity contribution in [3.05, 3.63) is 60.8 Å². The van der Waals surface area contributed by atoms with Gasteiger partial charge in [-0.25, -0.2) is 0 Å². The molecular formula is C20H30O2. The van der Waals surface area contributed by atoms with Crippen molar-refractivity contribution in [1.29, 1.82) is 0 Å². The summed E-state index contributed by atoms with van der Waals surface area (Å²) in [5, 5.41) is 8.49. The van der Waals surface area contributed by atoms with Crippen molar-refractivity contribution in [1.82, 2.24) is 0 Å². The fourth-order valence-electron chi connectivity index (χ4n) is 1.74. The summed E-state index contributed by atoms with van der Waals surface area (Å²) in [6.45, 7) is 2.14. The van der Waals surface area contributed by atoms with E-state index in [0.29, 0.717) is 0 Å². The molecule has 2 nitrogen and oxygen atoms in total. The van der Waals surface area contributed by atoms with Crippen LogP contribution in [0.5, 0.6) is 0 Å². The van der Waals surface area contributed by atoms with Gasteiger partial charge >= 0.3 is 5.97 Å². The number of aliphatic carboxylic acids is 1. The molecule has 0 rings (SSSR count). The zero-order valence-electron chi connectivity index (χ0n) is 13.8. The molecule has 0 saturated heterocycles. The third kappa shape index (κ3) is 18.2. The molecule has 0 aliphatic rings. The van der Waals surface area contributed by atoms with E-state index in [0.717, 1.165) is 44.9 Å². The van der Waals surface area contributed by atoms with Crippen LogP contribution in [0, 0.1) is 0 Å². The quantitative estimate of drug-likeness (QED) is 0.335. The van der Waals surface area contributed by atoms with Gasteiger partial charge in [0.2, 0.25) is 0 Å². The van der Waals surface area contributed by atoms with Crippen LogP contribution in [-0.2, 0) is 4.79 Å². The molecule has 0 fully saturated rings. The van der Waals surface area contributed by atoms with Crippen molar-refractivity contribution < 1.29 is 9.90 Å². The molecule has 0 heterocycles. The monoisotopic (exact) mass is 302 g/mol. The largest absolute Gasteiger partial charge is 0.481 e. The number of carboxylic acid groups (broad SMARTS) is 1. The highest BCUT2D eigenvalue weighted by Gasteiger charge is 1.92. The van der Waals surface area contributed by atoms with Crippen LogP contribution in [0.1, 0.15) is 58.3 Å².